The zero-order chi connectivity index (χ0) is 8.48. The van der Waals surface area contributed by atoms with Gasteiger partial charge in [0, 0.05) is 11.1 Å². The SMILES string of the molecule is CC1(N)NC=C(CC(=O)O)S1. The molecule has 62 valence electrons. The topological polar surface area (TPSA) is 75.3 Å². The molecule has 1 aliphatic heterocycles. The Morgan fingerprint density at radius 3 is 3.00 bits per heavy atom. The third kappa shape index (κ3) is 2.44. The quantitative estimate of drug-likeness (QED) is 0.560. The first kappa shape index (κ1) is 8.42. The Morgan fingerprint density at radius 2 is 2.64 bits per heavy atom. The third-order valence-corrected chi connectivity index (χ3v) is 2.25. The van der Waals surface area contributed by atoms with Crippen molar-refractivity contribution >= 4 is 17.7 Å². The minimum Gasteiger partial charge on any atom is -0.481 e. The molecule has 4 nitrogen and oxygen atoms in total. The minimum atomic E-state index is -0.830. The largest absolute Gasteiger partial charge is 0.481 e. The molecule has 11 heavy (non-hydrogen) atoms. The Bertz CT molecular complexity index is 213. The molecule has 5 heteroatoms. The van der Waals surface area contributed by atoms with Crippen molar-refractivity contribution in [3.05, 3.63) is 11.1 Å². The van der Waals surface area contributed by atoms with E-state index in [4.69, 9.17) is 10.8 Å². The van der Waals surface area contributed by atoms with Crippen molar-refractivity contribution in [1.29, 1.82) is 0 Å². The summed E-state index contributed by atoms with van der Waals surface area (Å²) in [6.07, 6.45) is 1.70. The van der Waals surface area contributed by atoms with E-state index in [-0.39, 0.29) is 6.42 Å². The molecule has 1 aliphatic rings. The number of hydrogen-bond acceptors (Lipinski definition) is 4. The van der Waals surface area contributed by atoms with Crippen molar-refractivity contribution in [3.8, 4) is 0 Å². The highest BCUT2D eigenvalue weighted by molar-refractivity contribution is 8.04. The first-order valence-corrected chi connectivity index (χ1v) is 3.98. The van der Waals surface area contributed by atoms with E-state index >= 15 is 0 Å². The molecule has 0 bridgehead atoms. The maximum Gasteiger partial charge on any atom is 0.308 e. The molecule has 4 N–H and O–H groups in total. The monoisotopic (exact) mass is 174 g/mol. The molecule has 0 saturated carbocycles. The number of aliphatic carboxylic acids is 1. The summed E-state index contributed by atoms with van der Waals surface area (Å²) in [7, 11) is 0. The number of hydrogen-bond donors (Lipinski definition) is 3. The van der Waals surface area contributed by atoms with Crippen LogP contribution in [0.5, 0.6) is 0 Å². The number of carboxylic acid groups (broad SMARTS) is 1. The van der Waals surface area contributed by atoms with Gasteiger partial charge in [0.05, 0.1) is 6.42 Å². The van der Waals surface area contributed by atoms with E-state index in [0.717, 1.165) is 4.91 Å². The molecule has 1 rings (SSSR count). The Kier molecular flexibility index (Phi) is 2.10. The van der Waals surface area contributed by atoms with Gasteiger partial charge in [-0.15, -0.1) is 0 Å². The van der Waals surface area contributed by atoms with E-state index in [2.05, 4.69) is 5.32 Å². The molecule has 0 spiro atoms. The lowest BCUT2D eigenvalue weighted by Crippen LogP contribution is -2.41. The van der Waals surface area contributed by atoms with Crippen LogP contribution in [-0.2, 0) is 4.79 Å². The maximum atomic E-state index is 10.2. The van der Waals surface area contributed by atoms with Crippen LogP contribution in [0.15, 0.2) is 11.1 Å². The third-order valence-electron chi connectivity index (χ3n) is 1.19. The van der Waals surface area contributed by atoms with Gasteiger partial charge in [0.2, 0.25) is 0 Å². The summed E-state index contributed by atoms with van der Waals surface area (Å²) in [5, 5.41) is 11.3. The van der Waals surface area contributed by atoms with E-state index in [0.29, 0.717) is 0 Å². The van der Waals surface area contributed by atoms with Crippen LogP contribution in [0.25, 0.3) is 0 Å². The van der Waals surface area contributed by atoms with Crippen molar-refractivity contribution in [1.82, 2.24) is 5.32 Å². The first-order chi connectivity index (χ1) is 4.99. The van der Waals surface area contributed by atoms with Crippen LogP contribution >= 0.6 is 11.8 Å². The highest BCUT2D eigenvalue weighted by Crippen LogP contribution is 2.32. The zero-order valence-corrected chi connectivity index (χ0v) is 6.94. The molecular weight excluding hydrogens is 164 g/mol. The summed E-state index contributed by atoms with van der Waals surface area (Å²) in [4.78, 5) is 10.5. The fourth-order valence-electron chi connectivity index (χ4n) is 0.791. The molecule has 0 amide bonds. The minimum absolute atomic E-state index is 0.0461. The molecule has 0 aromatic rings. The molecular formula is C6H10N2O2S. The van der Waals surface area contributed by atoms with Crippen LogP contribution in [0, 0.1) is 0 Å². The lowest BCUT2D eigenvalue weighted by molar-refractivity contribution is -0.136. The van der Waals surface area contributed by atoms with Crippen LogP contribution in [-0.4, -0.2) is 16.1 Å². The van der Waals surface area contributed by atoms with Crippen LogP contribution in [0.2, 0.25) is 0 Å². The van der Waals surface area contributed by atoms with Crippen molar-refractivity contribution in [2.24, 2.45) is 5.73 Å². The lowest BCUT2D eigenvalue weighted by Gasteiger charge is -2.16. The van der Waals surface area contributed by atoms with Crippen LogP contribution < -0.4 is 11.1 Å². The van der Waals surface area contributed by atoms with E-state index in [9.17, 15) is 4.79 Å². The number of carbonyl (C=O) groups is 1. The molecule has 0 aromatic carbocycles. The molecule has 1 unspecified atom stereocenters. The predicted octanol–water partition coefficient (Wildman–Crippen LogP) is 0.271. The molecule has 0 radical (unpaired) electrons. The molecule has 0 aromatic heterocycles. The Morgan fingerprint density at radius 1 is 2.00 bits per heavy atom. The van der Waals surface area contributed by atoms with Crippen LogP contribution in [0.1, 0.15) is 13.3 Å². The van der Waals surface area contributed by atoms with E-state index in [1.165, 1.54) is 11.8 Å². The molecule has 1 atom stereocenters. The zero-order valence-electron chi connectivity index (χ0n) is 6.13. The summed E-state index contributed by atoms with van der Waals surface area (Å²) in [6.45, 7) is 1.79. The summed E-state index contributed by atoms with van der Waals surface area (Å²) in [6, 6.07) is 0. The average Bonchev–Trinajstić information content (AvgIpc) is 2.08. The van der Waals surface area contributed by atoms with Gasteiger partial charge in [-0.05, 0) is 6.92 Å². The number of carboxylic acids is 1. The Balaban J connectivity index is 2.47. The van der Waals surface area contributed by atoms with E-state index < -0.39 is 11.0 Å². The first-order valence-electron chi connectivity index (χ1n) is 3.16. The van der Waals surface area contributed by atoms with E-state index in [1.54, 1.807) is 13.1 Å². The smallest absolute Gasteiger partial charge is 0.308 e. The van der Waals surface area contributed by atoms with Gasteiger partial charge in [0.15, 0.2) is 0 Å². The lowest BCUT2D eigenvalue weighted by atomic mass is 10.4. The van der Waals surface area contributed by atoms with Crippen LogP contribution in [0.4, 0.5) is 0 Å². The average molecular weight is 174 g/mol. The van der Waals surface area contributed by atoms with Gasteiger partial charge in [-0.2, -0.15) is 0 Å². The second-order valence-corrected chi connectivity index (χ2v) is 4.11. The Labute approximate surface area is 68.8 Å². The van der Waals surface area contributed by atoms with Crippen molar-refractivity contribution in [2.45, 2.75) is 18.3 Å². The molecule has 0 saturated heterocycles. The summed E-state index contributed by atoms with van der Waals surface area (Å²) < 4.78 is 0. The van der Waals surface area contributed by atoms with Gasteiger partial charge in [-0.3, -0.25) is 4.79 Å². The van der Waals surface area contributed by atoms with Crippen molar-refractivity contribution in [3.63, 3.8) is 0 Å². The molecule has 0 fully saturated rings. The van der Waals surface area contributed by atoms with E-state index in [1.807, 2.05) is 0 Å². The number of nitrogens with two attached hydrogens (primary N) is 1. The highest BCUT2D eigenvalue weighted by atomic mass is 32.2. The van der Waals surface area contributed by atoms with Gasteiger partial charge >= 0.3 is 5.97 Å². The fraction of sp³-hybridized carbons (Fsp3) is 0.500. The van der Waals surface area contributed by atoms with Gasteiger partial charge in [0.25, 0.3) is 0 Å². The normalized spacial score (nSPS) is 29.5. The second-order valence-electron chi connectivity index (χ2n) is 2.53. The maximum absolute atomic E-state index is 10.2. The number of thioether (sulfide) groups is 1. The highest BCUT2D eigenvalue weighted by Gasteiger charge is 2.25. The summed E-state index contributed by atoms with van der Waals surface area (Å²) in [5.41, 5.74) is 5.65. The molecule has 0 aliphatic carbocycles. The van der Waals surface area contributed by atoms with Crippen molar-refractivity contribution < 1.29 is 9.90 Å². The number of nitrogens with one attached hydrogen (secondary N) is 1. The van der Waals surface area contributed by atoms with Gasteiger partial charge < -0.3 is 16.2 Å². The predicted molar refractivity (Wildman–Crippen MR) is 43.7 cm³/mol. The summed E-state index contributed by atoms with van der Waals surface area (Å²) >= 11 is 1.34. The Hall–Kier alpha value is -0.680. The standard InChI is InChI=1S/C6H10N2O2S/c1-6(7)8-3-4(11-6)2-5(9)10/h3,8H,2,7H2,1H3,(H,9,10). The summed E-state index contributed by atoms with van der Waals surface area (Å²) in [5.74, 6) is -0.830. The molecule has 1 heterocycles. The number of rotatable bonds is 2. The fourth-order valence-corrected chi connectivity index (χ4v) is 1.77. The van der Waals surface area contributed by atoms with Gasteiger partial charge in [-0.25, -0.2) is 0 Å². The van der Waals surface area contributed by atoms with Gasteiger partial charge in [0.1, 0.15) is 4.99 Å². The van der Waals surface area contributed by atoms with Crippen LogP contribution in [0.3, 0.4) is 0 Å². The van der Waals surface area contributed by atoms with Crippen molar-refractivity contribution in [2.75, 3.05) is 0 Å². The van der Waals surface area contributed by atoms with Gasteiger partial charge in [-0.1, -0.05) is 11.8 Å². The second kappa shape index (κ2) is 2.75.